The van der Waals surface area contributed by atoms with Gasteiger partial charge in [0.2, 0.25) is 5.95 Å². The Morgan fingerprint density at radius 2 is 1.88 bits per heavy atom. The largest absolute Gasteiger partial charge is 0.480 e. The van der Waals surface area contributed by atoms with Crippen LogP contribution in [0.2, 0.25) is 0 Å². The first-order valence-corrected chi connectivity index (χ1v) is 9.33. The van der Waals surface area contributed by atoms with Crippen LogP contribution in [-0.4, -0.2) is 48.9 Å². The average molecular weight is 502 g/mol. The molecule has 1 aromatic carbocycles. The number of nitrogen functional groups attached to an aromatic ring is 1. The molecule has 0 bridgehead atoms. The summed E-state index contributed by atoms with van der Waals surface area (Å²) in [5.74, 6) is -3.16. The monoisotopic (exact) mass is 501 g/mol. The van der Waals surface area contributed by atoms with Crippen LogP contribution in [0.4, 0.5) is 11.6 Å². The van der Waals surface area contributed by atoms with Gasteiger partial charge in [0, 0.05) is 34.7 Å². The standard InChI is InChI=1S/C19H18N8O5.Cu/c20-13(28)6-5-12(18(31)32)25-16(29)9-1-3-10(4-2-9)22-7-11-8-23-15-14(24-11)17(30)27-19(21)26-15;/h1-4,8,12,22H,5-7H2,(H,25,29)(H,31,32)(H3,21,23,26,27,30);/t12-;/m0./s1. The van der Waals surface area contributed by atoms with E-state index in [1.165, 1.54) is 18.3 Å². The summed E-state index contributed by atoms with van der Waals surface area (Å²) >= 11 is 0. The minimum absolute atomic E-state index is 0. The van der Waals surface area contributed by atoms with Gasteiger partial charge >= 0.3 is 5.97 Å². The maximum atomic E-state index is 12.3. The smallest absolute Gasteiger partial charge is 0.326 e. The van der Waals surface area contributed by atoms with E-state index in [2.05, 4.69) is 30.6 Å². The first-order valence-electron chi connectivity index (χ1n) is 9.33. The molecule has 0 spiro atoms. The van der Waals surface area contributed by atoms with Gasteiger partial charge in [-0.2, -0.15) is 4.98 Å². The van der Waals surface area contributed by atoms with E-state index in [-0.39, 0.29) is 59.1 Å². The summed E-state index contributed by atoms with van der Waals surface area (Å²) in [5.41, 5.74) is 15.2. The van der Waals surface area contributed by atoms with Crippen LogP contribution < -0.4 is 27.7 Å². The van der Waals surface area contributed by atoms with Crippen LogP contribution in [0.25, 0.3) is 11.2 Å². The molecular formula is C19H18CuN8O5. The number of H-pyrrole nitrogens is 1. The number of fused-ring (bicyclic) bond motifs is 1. The molecule has 3 rings (SSSR count). The number of hydrogen-bond donors (Lipinski definition) is 5. The molecular weight excluding hydrogens is 484 g/mol. The van der Waals surface area contributed by atoms with E-state index < -0.39 is 29.4 Å². The number of anilines is 2. The number of nitrogens with two attached hydrogens (primary N) is 1. The quantitative estimate of drug-likeness (QED) is 0.236. The zero-order chi connectivity index (χ0) is 23.3. The number of carbonyl (C=O) groups is 3. The second kappa shape index (κ2) is 11.0. The minimum atomic E-state index is -1.31. The van der Waals surface area contributed by atoms with Crippen LogP contribution in [0.5, 0.6) is 0 Å². The molecule has 0 saturated carbocycles. The third-order valence-electron chi connectivity index (χ3n) is 4.36. The number of hydrogen-bond acceptors (Lipinski definition) is 9. The van der Waals surface area contributed by atoms with Gasteiger partial charge in [-0.3, -0.25) is 19.4 Å². The van der Waals surface area contributed by atoms with Crippen molar-refractivity contribution >= 4 is 40.6 Å². The number of aliphatic carboxylic acids is 1. The van der Waals surface area contributed by atoms with Gasteiger partial charge in [-0.15, -0.1) is 5.73 Å². The summed E-state index contributed by atoms with van der Waals surface area (Å²) in [6, 6.07) is 4.86. The number of carboxylic acid groups (broad SMARTS) is 1. The fraction of sp³-hybridized carbons (Fsp3) is 0.211. The van der Waals surface area contributed by atoms with E-state index in [4.69, 9.17) is 16.6 Å². The molecule has 2 aromatic heterocycles. The molecule has 13 nitrogen and oxygen atoms in total. The zero-order valence-corrected chi connectivity index (χ0v) is 17.8. The van der Waals surface area contributed by atoms with Crippen LogP contribution in [0.1, 0.15) is 28.9 Å². The Kier molecular flexibility index (Phi) is 8.42. The molecule has 2 amide bonds. The molecule has 0 aliphatic rings. The number of nitrogens with one attached hydrogen (secondary N) is 3. The first kappa shape index (κ1) is 25.2. The van der Waals surface area contributed by atoms with Gasteiger partial charge in [0.15, 0.2) is 11.2 Å². The fourth-order valence-corrected chi connectivity index (χ4v) is 2.75. The van der Waals surface area contributed by atoms with Gasteiger partial charge in [0.25, 0.3) is 17.4 Å². The fourth-order valence-electron chi connectivity index (χ4n) is 2.75. The maximum Gasteiger partial charge on any atom is 0.326 e. The zero-order valence-electron chi connectivity index (χ0n) is 16.8. The molecule has 0 aliphatic heterocycles. The number of benzene rings is 1. The van der Waals surface area contributed by atoms with Gasteiger partial charge < -0.3 is 21.5 Å². The molecule has 3 radical (unpaired) electrons. The summed E-state index contributed by atoms with van der Waals surface area (Å²) in [5, 5.41) is 14.5. The molecule has 14 heteroatoms. The second-order valence-corrected chi connectivity index (χ2v) is 6.71. The van der Waals surface area contributed by atoms with E-state index in [0.717, 1.165) is 0 Å². The van der Waals surface area contributed by atoms with Crippen LogP contribution in [0.15, 0.2) is 35.3 Å². The summed E-state index contributed by atoms with van der Waals surface area (Å²) < 4.78 is 0. The number of rotatable bonds is 9. The molecule has 6 N–H and O–H groups in total. The Morgan fingerprint density at radius 3 is 2.52 bits per heavy atom. The first-order chi connectivity index (χ1) is 15.2. The normalized spacial score (nSPS) is 11.3. The van der Waals surface area contributed by atoms with Crippen LogP contribution in [0, 0.1) is 0 Å². The average Bonchev–Trinajstić information content (AvgIpc) is 2.75. The Labute approximate surface area is 196 Å². The number of aromatic amines is 1. The van der Waals surface area contributed by atoms with Crippen molar-refractivity contribution < 1.29 is 36.6 Å². The number of nitrogens with zero attached hydrogens (tertiary/aromatic N) is 4. The molecule has 0 fully saturated rings. The third kappa shape index (κ3) is 6.72. The van der Waals surface area contributed by atoms with Crippen LogP contribution in [-0.2, 0) is 33.2 Å². The van der Waals surface area contributed by atoms with Gasteiger partial charge in [0.05, 0.1) is 18.4 Å². The van der Waals surface area contributed by atoms with Crippen LogP contribution >= 0.6 is 0 Å². The second-order valence-electron chi connectivity index (χ2n) is 6.71. The van der Waals surface area contributed by atoms with Crippen molar-refractivity contribution in [1.82, 2.24) is 31.0 Å². The van der Waals surface area contributed by atoms with Gasteiger partial charge in [-0.25, -0.2) is 14.8 Å². The summed E-state index contributed by atoms with van der Waals surface area (Å²) in [6.45, 7) is 0.231. The predicted molar refractivity (Wildman–Crippen MR) is 111 cm³/mol. The van der Waals surface area contributed by atoms with E-state index >= 15 is 0 Å². The summed E-state index contributed by atoms with van der Waals surface area (Å²) in [7, 11) is 0. The van der Waals surface area contributed by atoms with Crippen molar-refractivity contribution in [1.29, 1.82) is 0 Å². The number of carbonyl (C=O) groups excluding carboxylic acids is 2. The summed E-state index contributed by atoms with van der Waals surface area (Å²) in [4.78, 5) is 60.6. The topological polar surface area (TPSA) is 215 Å². The van der Waals surface area contributed by atoms with Gasteiger partial charge in [-0.05, 0) is 30.7 Å². The molecule has 3 aromatic rings. The molecule has 0 saturated heterocycles. The third-order valence-corrected chi connectivity index (χ3v) is 4.36. The maximum absolute atomic E-state index is 12.3. The molecule has 33 heavy (non-hydrogen) atoms. The number of carboxylic acids is 1. The van der Waals surface area contributed by atoms with Gasteiger partial charge in [0.1, 0.15) is 6.04 Å². The SMILES string of the molecule is [Cu].[N]C(=O)CC[C@H](NC(=O)c1ccc(NCc2cnc3nc(N)[nH]c(=O)c3n2)cc1)C(=O)O. The molecule has 2 heterocycles. The number of aromatic nitrogens is 4. The van der Waals surface area contributed by atoms with Crippen molar-refractivity contribution in [2.75, 3.05) is 11.1 Å². The van der Waals surface area contributed by atoms with Crippen molar-refractivity contribution in [3.63, 3.8) is 0 Å². The van der Waals surface area contributed by atoms with Crippen molar-refractivity contribution in [3.05, 3.63) is 52.1 Å². The predicted octanol–water partition coefficient (Wildman–Crippen LogP) is -0.537. The molecule has 0 unspecified atom stereocenters. The Balaban J connectivity index is 0.00000385. The van der Waals surface area contributed by atoms with Crippen molar-refractivity contribution in [3.8, 4) is 0 Å². The van der Waals surface area contributed by atoms with Crippen LogP contribution in [0.3, 0.4) is 0 Å². The van der Waals surface area contributed by atoms with E-state index in [1.54, 1.807) is 12.1 Å². The van der Waals surface area contributed by atoms with E-state index in [1.807, 2.05) is 0 Å². The summed E-state index contributed by atoms with van der Waals surface area (Å²) in [6.07, 6.45) is 0.840. The minimum Gasteiger partial charge on any atom is -0.480 e. The Bertz CT molecular complexity index is 1230. The molecule has 0 aliphatic carbocycles. The molecule has 175 valence electrons. The van der Waals surface area contributed by atoms with Crippen molar-refractivity contribution in [2.24, 2.45) is 0 Å². The van der Waals surface area contributed by atoms with E-state index in [0.29, 0.717) is 11.4 Å². The Hall–Kier alpha value is -4.03. The van der Waals surface area contributed by atoms with Gasteiger partial charge in [-0.1, -0.05) is 0 Å². The van der Waals surface area contributed by atoms with Crippen molar-refractivity contribution in [2.45, 2.75) is 25.4 Å². The molecule has 1 atom stereocenters. The number of amides is 2. The Morgan fingerprint density at radius 1 is 1.18 bits per heavy atom. The van der Waals surface area contributed by atoms with E-state index in [9.17, 15) is 19.2 Å².